The number of hydrogen-bond donors (Lipinski definition) is 0. The Morgan fingerprint density at radius 3 is 2.78 bits per heavy atom. The van der Waals surface area contributed by atoms with Crippen LogP contribution in [0.2, 0.25) is 0 Å². The van der Waals surface area contributed by atoms with Crippen molar-refractivity contribution >= 4 is 11.8 Å². The molecule has 0 radical (unpaired) electrons. The van der Waals surface area contributed by atoms with Gasteiger partial charge in [-0.2, -0.15) is 5.10 Å². The minimum Gasteiger partial charge on any atom is -0.375 e. The molecule has 4 rings (SSSR count). The first kappa shape index (κ1) is 22.5. The fraction of sp³-hybridized carbons (Fsp3) is 0.636. The second-order valence-corrected chi connectivity index (χ2v) is 8.93. The highest BCUT2D eigenvalue weighted by molar-refractivity contribution is 5.92. The minimum atomic E-state index is -0.298. The lowest BCUT2D eigenvalue weighted by molar-refractivity contribution is -0.160. The zero-order valence-corrected chi connectivity index (χ0v) is 19.0. The van der Waals surface area contributed by atoms with Gasteiger partial charge in [-0.05, 0) is 31.7 Å². The summed E-state index contributed by atoms with van der Waals surface area (Å²) in [5.74, 6) is 0.417. The van der Waals surface area contributed by atoms with E-state index in [-0.39, 0.29) is 30.1 Å². The Balaban J connectivity index is 1.29. The van der Waals surface area contributed by atoms with Crippen LogP contribution in [0.5, 0.6) is 0 Å². The van der Waals surface area contributed by atoms with Crippen molar-refractivity contribution in [1.82, 2.24) is 24.7 Å². The molecule has 2 aliphatic heterocycles. The van der Waals surface area contributed by atoms with Gasteiger partial charge in [0.15, 0.2) is 11.5 Å². The number of carbonyl (C=O) groups is 2. The number of nitrogens with zero attached hydrogens (tertiary/aromatic N) is 5. The molecule has 0 aliphatic carbocycles. The zero-order valence-electron chi connectivity index (χ0n) is 19.0. The van der Waals surface area contributed by atoms with Gasteiger partial charge in [0.25, 0.3) is 5.91 Å². The van der Waals surface area contributed by atoms with E-state index in [2.05, 4.69) is 10.3 Å². The van der Waals surface area contributed by atoms with Gasteiger partial charge in [0.05, 0.1) is 17.9 Å². The number of carbonyl (C=O) groups excluding carboxylic acids is 2. The summed E-state index contributed by atoms with van der Waals surface area (Å²) >= 11 is 0. The van der Waals surface area contributed by atoms with Crippen molar-refractivity contribution < 1.29 is 23.6 Å². The Morgan fingerprint density at radius 2 is 2.09 bits per heavy atom. The summed E-state index contributed by atoms with van der Waals surface area (Å²) in [7, 11) is 3.44. The number of aromatic nitrogens is 3. The molecule has 0 bridgehead atoms. The number of likely N-dealkylation sites (N-methyl/N-ethyl adjacent to an activating group) is 1. The van der Waals surface area contributed by atoms with Crippen LogP contribution in [0.1, 0.15) is 47.5 Å². The molecule has 2 aromatic heterocycles. The van der Waals surface area contributed by atoms with Crippen LogP contribution in [0.25, 0.3) is 0 Å². The predicted octanol–water partition coefficient (Wildman–Crippen LogP) is 1.49. The van der Waals surface area contributed by atoms with Crippen molar-refractivity contribution in [2.24, 2.45) is 0 Å². The summed E-state index contributed by atoms with van der Waals surface area (Å²) in [4.78, 5) is 28.1. The van der Waals surface area contributed by atoms with E-state index in [1.165, 1.54) is 4.90 Å². The molecule has 2 aromatic rings. The van der Waals surface area contributed by atoms with E-state index in [0.29, 0.717) is 37.7 Å². The monoisotopic (exact) mass is 445 g/mol. The van der Waals surface area contributed by atoms with E-state index in [1.807, 2.05) is 13.1 Å². The highest BCUT2D eigenvalue weighted by Crippen LogP contribution is 2.36. The van der Waals surface area contributed by atoms with Gasteiger partial charge in [0, 0.05) is 52.5 Å². The molecule has 174 valence electrons. The normalized spacial score (nSPS) is 20.5. The first-order valence-corrected chi connectivity index (χ1v) is 11.0. The summed E-state index contributed by atoms with van der Waals surface area (Å²) in [5.41, 5.74) is 1.08. The summed E-state index contributed by atoms with van der Waals surface area (Å²) in [6.07, 6.45) is 6.67. The highest BCUT2D eigenvalue weighted by atomic mass is 16.5. The van der Waals surface area contributed by atoms with E-state index in [0.717, 1.165) is 31.2 Å². The fourth-order valence-corrected chi connectivity index (χ4v) is 4.27. The van der Waals surface area contributed by atoms with Crippen LogP contribution in [-0.4, -0.2) is 88.7 Å². The van der Waals surface area contributed by atoms with Gasteiger partial charge in [-0.15, -0.1) is 0 Å². The van der Waals surface area contributed by atoms with Crippen molar-refractivity contribution in [3.63, 3.8) is 0 Å². The smallest absolute Gasteiger partial charge is 0.276 e. The van der Waals surface area contributed by atoms with Crippen LogP contribution in [0.15, 0.2) is 23.0 Å². The quantitative estimate of drug-likeness (QED) is 0.664. The Bertz CT molecular complexity index is 944. The van der Waals surface area contributed by atoms with E-state index in [9.17, 15) is 9.59 Å². The minimum absolute atomic E-state index is 0.000988. The summed E-state index contributed by atoms with van der Waals surface area (Å²) < 4.78 is 19.1. The molecule has 2 amide bonds. The Hall–Kier alpha value is -2.72. The standard InChI is InChI=1S/C22H31N5O5/c1-16-12-23-27(13-16)14-18-10-19(24-32-18)21(29)26-7-5-22(6-8-26)11-17(4-9-31-22)30-15-20(28)25(2)3/h10,12-13,17H,4-9,11,14-15H2,1-3H3. The molecule has 1 spiro atoms. The SMILES string of the molecule is Cc1cnn(Cc2cc(C(=O)N3CCC4(CC3)CC(OCC(=O)N(C)C)CCO4)no2)c1. The maximum atomic E-state index is 12.9. The highest BCUT2D eigenvalue weighted by Gasteiger charge is 2.42. The molecule has 0 aromatic carbocycles. The van der Waals surface area contributed by atoms with Crippen molar-refractivity contribution in [1.29, 1.82) is 0 Å². The topological polar surface area (TPSA) is 103 Å². The largest absolute Gasteiger partial charge is 0.375 e. The lowest BCUT2D eigenvalue weighted by atomic mass is 9.83. The van der Waals surface area contributed by atoms with Crippen LogP contribution < -0.4 is 0 Å². The van der Waals surface area contributed by atoms with E-state index in [4.69, 9.17) is 14.0 Å². The van der Waals surface area contributed by atoms with Crippen molar-refractivity contribution in [2.75, 3.05) is 40.4 Å². The molecule has 1 atom stereocenters. The molecular formula is C22H31N5O5. The summed E-state index contributed by atoms with van der Waals surface area (Å²) in [5, 5.41) is 8.20. The van der Waals surface area contributed by atoms with E-state index in [1.54, 1.807) is 35.9 Å². The fourth-order valence-electron chi connectivity index (χ4n) is 4.27. The molecule has 32 heavy (non-hydrogen) atoms. The molecule has 4 heterocycles. The first-order valence-electron chi connectivity index (χ1n) is 11.0. The summed E-state index contributed by atoms with van der Waals surface area (Å²) in [6, 6.07) is 1.69. The molecule has 10 heteroatoms. The Labute approximate surface area is 187 Å². The van der Waals surface area contributed by atoms with Crippen LogP contribution in [-0.2, 0) is 20.8 Å². The number of ether oxygens (including phenoxy) is 2. The second kappa shape index (κ2) is 9.41. The molecular weight excluding hydrogens is 414 g/mol. The van der Waals surface area contributed by atoms with Crippen LogP contribution in [0.4, 0.5) is 0 Å². The van der Waals surface area contributed by atoms with Gasteiger partial charge >= 0.3 is 0 Å². The van der Waals surface area contributed by atoms with Gasteiger partial charge in [-0.25, -0.2) is 0 Å². The number of aryl methyl sites for hydroxylation is 1. The van der Waals surface area contributed by atoms with Gasteiger partial charge in [-0.1, -0.05) is 5.16 Å². The van der Waals surface area contributed by atoms with Gasteiger partial charge in [-0.3, -0.25) is 14.3 Å². The Morgan fingerprint density at radius 1 is 1.31 bits per heavy atom. The maximum Gasteiger partial charge on any atom is 0.276 e. The lowest BCUT2D eigenvalue weighted by Gasteiger charge is -2.45. The van der Waals surface area contributed by atoms with Crippen molar-refractivity contribution in [2.45, 2.75) is 50.9 Å². The maximum absolute atomic E-state index is 12.9. The van der Waals surface area contributed by atoms with Gasteiger partial charge in [0.2, 0.25) is 5.91 Å². The second-order valence-electron chi connectivity index (χ2n) is 8.93. The average molecular weight is 446 g/mol. The van der Waals surface area contributed by atoms with Crippen LogP contribution in [0, 0.1) is 6.92 Å². The molecule has 1 unspecified atom stereocenters. The zero-order chi connectivity index (χ0) is 22.7. The molecule has 2 saturated heterocycles. The predicted molar refractivity (Wildman–Crippen MR) is 114 cm³/mol. The van der Waals surface area contributed by atoms with Crippen molar-refractivity contribution in [3.8, 4) is 0 Å². The molecule has 10 nitrogen and oxygen atoms in total. The third kappa shape index (κ3) is 5.18. The lowest BCUT2D eigenvalue weighted by Crippen LogP contribution is -2.52. The third-order valence-corrected chi connectivity index (χ3v) is 6.21. The number of amides is 2. The van der Waals surface area contributed by atoms with Crippen LogP contribution in [0.3, 0.4) is 0 Å². The van der Waals surface area contributed by atoms with Gasteiger partial charge in [0.1, 0.15) is 13.2 Å². The molecule has 0 N–H and O–H groups in total. The van der Waals surface area contributed by atoms with Gasteiger partial charge < -0.3 is 23.8 Å². The van der Waals surface area contributed by atoms with E-state index >= 15 is 0 Å². The van der Waals surface area contributed by atoms with Crippen LogP contribution >= 0.6 is 0 Å². The summed E-state index contributed by atoms with van der Waals surface area (Å²) in [6.45, 7) is 4.27. The first-order chi connectivity index (χ1) is 15.3. The number of hydrogen-bond acceptors (Lipinski definition) is 7. The third-order valence-electron chi connectivity index (χ3n) is 6.21. The molecule has 2 fully saturated rings. The Kier molecular flexibility index (Phi) is 6.61. The van der Waals surface area contributed by atoms with Crippen molar-refractivity contribution in [3.05, 3.63) is 35.5 Å². The molecule has 0 saturated carbocycles. The number of rotatable bonds is 6. The van der Waals surface area contributed by atoms with E-state index < -0.39 is 0 Å². The molecule has 2 aliphatic rings. The number of likely N-dealkylation sites (tertiary alicyclic amines) is 1. The number of piperidine rings is 1. The average Bonchev–Trinajstić information content (AvgIpc) is 3.41.